The van der Waals surface area contributed by atoms with Crippen molar-refractivity contribution in [2.75, 3.05) is 19.7 Å². The molecule has 0 saturated carbocycles. The van der Waals surface area contributed by atoms with E-state index in [9.17, 15) is 19.2 Å². The highest BCUT2D eigenvalue weighted by Gasteiger charge is 2.37. The Kier molecular flexibility index (Phi) is 9.97. The Labute approximate surface area is 188 Å². The van der Waals surface area contributed by atoms with Crippen molar-refractivity contribution in [3.63, 3.8) is 0 Å². The van der Waals surface area contributed by atoms with Crippen LogP contribution in [0.5, 0.6) is 0 Å². The molecule has 0 unspecified atom stereocenters. The topological polar surface area (TPSA) is 114 Å². The molecular weight excluding hydrogens is 414 g/mol. The van der Waals surface area contributed by atoms with E-state index in [-0.39, 0.29) is 25.7 Å². The number of nitrogens with one attached hydrogen (secondary N) is 2. The van der Waals surface area contributed by atoms with Gasteiger partial charge in [0.2, 0.25) is 11.8 Å². The fraction of sp³-hybridized carbons (Fsp3) is 0.565. The van der Waals surface area contributed by atoms with Gasteiger partial charge in [0.25, 0.3) is 0 Å². The summed E-state index contributed by atoms with van der Waals surface area (Å²) in [6.45, 7) is 6.03. The second-order valence-corrected chi connectivity index (χ2v) is 8.11. The molecule has 1 aromatic carbocycles. The van der Waals surface area contributed by atoms with Crippen LogP contribution in [-0.2, 0) is 30.5 Å². The SMILES string of the molecule is CCOC(=O)CNC(=O)[C@@H](CC(C)C)NC(=O)[C@@H]1CCCN1C(=O)OCc1ccccc1. The van der Waals surface area contributed by atoms with Crippen molar-refractivity contribution in [3.8, 4) is 0 Å². The Morgan fingerprint density at radius 1 is 1.12 bits per heavy atom. The van der Waals surface area contributed by atoms with Gasteiger partial charge in [-0.3, -0.25) is 19.3 Å². The number of likely N-dealkylation sites (tertiary alicyclic amines) is 1. The molecule has 2 N–H and O–H groups in total. The van der Waals surface area contributed by atoms with Crippen molar-refractivity contribution in [1.82, 2.24) is 15.5 Å². The molecule has 0 bridgehead atoms. The van der Waals surface area contributed by atoms with Crippen LogP contribution in [-0.4, -0.2) is 60.6 Å². The molecule has 1 saturated heterocycles. The lowest BCUT2D eigenvalue weighted by atomic mass is 10.0. The summed E-state index contributed by atoms with van der Waals surface area (Å²) in [5.41, 5.74) is 0.858. The second-order valence-electron chi connectivity index (χ2n) is 8.11. The summed E-state index contributed by atoms with van der Waals surface area (Å²) in [4.78, 5) is 51.0. The fourth-order valence-electron chi connectivity index (χ4n) is 3.53. The van der Waals surface area contributed by atoms with Gasteiger partial charge in [0, 0.05) is 6.54 Å². The number of rotatable bonds is 10. The second kappa shape index (κ2) is 12.7. The zero-order valence-corrected chi connectivity index (χ0v) is 19.0. The van der Waals surface area contributed by atoms with Crippen molar-refractivity contribution in [2.45, 2.75) is 58.7 Å². The molecule has 176 valence electrons. The summed E-state index contributed by atoms with van der Waals surface area (Å²) < 4.78 is 10.2. The van der Waals surface area contributed by atoms with E-state index in [1.54, 1.807) is 6.92 Å². The maximum Gasteiger partial charge on any atom is 0.410 e. The predicted molar refractivity (Wildman–Crippen MR) is 117 cm³/mol. The first-order chi connectivity index (χ1) is 15.3. The summed E-state index contributed by atoms with van der Waals surface area (Å²) in [5, 5.41) is 5.26. The van der Waals surface area contributed by atoms with E-state index >= 15 is 0 Å². The zero-order chi connectivity index (χ0) is 23.5. The maximum absolute atomic E-state index is 12.9. The molecule has 0 aliphatic carbocycles. The number of carbonyl (C=O) groups excluding carboxylic acids is 4. The van der Waals surface area contributed by atoms with Crippen LogP contribution in [0.3, 0.4) is 0 Å². The Bertz CT molecular complexity index is 783. The van der Waals surface area contributed by atoms with E-state index in [0.717, 1.165) is 5.56 Å². The quantitative estimate of drug-likeness (QED) is 0.530. The van der Waals surface area contributed by atoms with Crippen molar-refractivity contribution in [3.05, 3.63) is 35.9 Å². The van der Waals surface area contributed by atoms with E-state index in [2.05, 4.69) is 10.6 Å². The van der Waals surface area contributed by atoms with Gasteiger partial charge in [-0.1, -0.05) is 44.2 Å². The summed E-state index contributed by atoms with van der Waals surface area (Å²) in [5.74, 6) is -1.28. The van der Waals surface area contributed by atoms with Crippen LogP contribution in [0, 0.1) is 5.92 Å². The number of hydrogen-bond donors (Lipinski definition) is 2. The molecule has 1 heterocycles. The Balaban J connectivity index is 1.95. The molecule has 1 aliphatic rings. The lowest BCUT2D eigenvalue weighted by molar-refractivity contribution is -0.143. The van der Waals surface area contributed by atoms with Gasteiger partial charge in [-0.2, -0.15) is 0 Å². The van der Waals surface area contributed by atoms with Crippen LogP contribution in [0.2, 0.25) is 0 Å². The average molecular weight is 448 g/mol. The van der Waals surface area contributed by atoms with Crippen LogP contribution in [0.15, 0.2) is 30.3 Å². The van der Waals surface area contributed by atoms with Crippen molar-refractivity contribution in [1.29, 1.82) is 0 Å². The Morgan fingerprint density at radius 2 is 1.84 bits per heavy atom. The van der Waals surface area contributed by atoms with E-state index in [1.165, 1.54) is 4.90 Å². The molecule has 9 heteroatoms. The van der Waals surface area contributed by atoms with E-state index < -0.39 is 36.0 Å². The van der Waals surface area contributed by atoms with E-state index in [0.29, 0.717) is 25.8 Å². The number of nitrogens with zero attached hydrogens (tertiary/aromatic N) is 1. The van der Waals surface area contributed by atoms with Crippen molar-refractivity contribution >= 4 is 23.9 Å². The third-order valence-corrected chi connectivity index (χ3v) is 5.05. The van der Waals surface area contributed by atoms with Crippen molar-refractivity contribution in [2.24, 2.45) is 5.92 Å². The van der Waals surface area contributed by atoms with E-state index in [1.807, 2.05) is 44.2 Å². The van der Waals surface area contributed by atoms with Gasteiger partial charge in [0.1, 0.15) is 25.2 Å². The van der Waals surface area contributed by atoms with Gasteiger partial charge in [0.05, 0.1) is 6.61 Å². The molecule has 0 aromatic heterocycles. The number of carbonyl (C=O) groups is 4. The van der Waals surface area contributed by atoms with Gasteiger partial charge in [0.15, 0.2) is 0 Å². The highest BCUT2D eigenvalue weighted by Crippen LogP contribution is 2.20. The van der Waals surface area contributed by atoms with Crippen LogP contribution in [0.4, 0.5) is 4.79 Å². The van der Waals surface area contributed by atoms with Crippen molar-refractivity contribution < 1.29 is 28.7 Å². The molecule has 1 fully saturated rings. The third-order valence-electron chi connectivity index (χ3n) is 5.05. The van der Waals surface area contributed by atoms with Gasteiger partial charge in [-0.15, -0.1) is 0 Å². The van der Waals surface area contributed by atoms with Gasteiger partial charge >= 0.3 is 12.1 Å². The Morgan fingerprint density at radius 3 is 2.50 bits per heavy atom. The van der Waals surface area contributed by atoms with Crippen LogP contribution in [0.25, 0.3) is 0 Å². The van der Waals surface area contributed by atoms with Crippen LogP contribution in [0.1, 0.15) is 45.6 Å². The van der Waals surface area contributed by atoms with Crippen LogP contribution >= 0.6 is 0 Å². The number of esters is 1. The lowest BCUT2D eigenvalue weighted by Crippen LogP contribution is -2.54. The monoisotopic (exact) mass is 447 g/mol. The molecule has 1 aliphatic heterocycles. The number of ether oxygens (including phenoxy) is 2. The fourth-order valence-corrected chi connectivity index (χ4v) is 3.53. The smallest absolute Gasteiger partial charge is 0.410 e. The summed E-state index contributed by atoms with van der Waals surface area (Å²) in [7, 11) is 0. The minimum atomic E-state index is -0.820. The zero-order valence-electron chi connectivity index (χ0n) is 19.0. The number of amides is 3. The van der Waals surface area contributed by atoms with Gasteiger partial charge < -0.3 is 20.1 Å². The summed E-state index contributed by atoms with van der Waals surface area (Å²) in [6.07, 6.45) is 0.998. The normalized spacial score (nSPS) is 16.4. The first-order valence-electron chi connectivity index (χ1n) is 11.0. The molecule has 2 atom stereocenters. The predicted octanol–water partition coefficient (Wildman–Crippen LogP) is 2.00. The molecule has 2 rings (SSSR count). The highest BCUT2D eigenvalue weighted by atomic mass is 16.6. The lowest BCUT2D eigenvalue weighted by Gasteiger charge is -2.26. The standard InChI is InChI=1S/C23H33N3O6/c1-4-31-20(27)14-24-21(28)18(13-16(2)3)25-22(29)19-11-8-12-26(19)23(30)32-15-17-9-6-5-7-10-17/h5-7,9-10,16,18-19H,4,8,11-15H2,1-3H3,(H,24,28)(H,25,29)/t18-,19+/m1/s1. The third kappa shape index (κ3) is 7.86. The minimum Gasteiger partial charge on any atom is -0.465 e. The summed E-state index contributed by atoms with van der Waals surface area (Å²) in [6, 6.07) is 7.78. The molecule has 0 spiro atoms. The molecule has 3 amide bonds. The number of benzene rings is 1. The Hall–Kier alpha value is -3.10. The van der Waals surface area contributed by atoms with E-state index in [4.69, 9.17) is 9.47 Å². The number of hydrogen-bond acceptors (Lipinski definition) is 6. The largest absolute Gasteiger partial charge is 0.465 e. The molecule has 1 aromatic rings. The first-order valence-corrected chi connectivity index (χ1v) is 11.0. The molecule has 0 radical (unpaired) electrons. The molecule has 32 heavy (non-hydrogen) atoms. The summed E-state index contributed by atoms with van der Waals surface area (Å²) >= 11 is 0. The average Bonchev–Trinajstić information content (AvgIpc) is 3.26. The maximum atomic E-state index is 12.9. The van der Waals surface area contributed by atoms with Crippen LogP contribution < -0.4 is 10.6 Å². The molecular formula is C23H33N3O6. The highest BCUT2D eigenvalue weighted by molar-refractivity contribution is 5.92. The van der Waals surface area contributed by atoms with Gasteiger partial charge in [-0.25, -0.2) is 4.79 Å². The molecule has 9 nitrogen and oxygen atoms in total. The van der Waals surface area contributed by atoms with Gasteiger partial charge in [-0.05, 0) is 37.7 Å². The first kappa shape index (κ1) is 25.2. The minimum absolute atomic E-state index is 0.122.